The summed E-state index contributed by atoms with van der Waals surface area (Å²) in [5.74, 6) is -0.186. The lowest BCUT2D eigenvalue weighted by atomic mass is 9.70. The Kier molecular flexibility index (Phi) is 2.79. The number of hydrogen-bond donors (Lipinski definition) is 1. The number of hydrogen-bond acceptors (Lipinski definition) is 1. The van der Waals surface area contributed by atoms with Crippen molar-refractivity contribution in [3.8, 4) is 0 Å². The number of rotatable bonds is 1. The first-order valence-corrected chi connectivity index (χ1v) is 4.81. The fourth-order valence-corrected chi connectivity index (χ4v) is 2.51. The van der Waals surface area contributed by atoms with Gasteiger partial charge in [0.25, 0.3) is 0 Å². The van der Waals surface area contributed by atoms with Crippen molar-refractivity contribution in [2.75, 3.05) is 0 Å². The topological polar surface area (TPSA) is 37.3 Å². The van der Waals surface area contributed by atoms with Gasteiger partial charge in [0.2, 0.25) is 0 Å². The van der Waals surface area contributed by atoms with E-state index in [1.54, 1.807) is 0 Å². The van der Waals surface area contributed by atoms with Crippen LogP contribution in [0.1, 0.15) is 40.0 Å². The molecule has 74 valence electrons. The van der Waals surface area contributed by atoms with E-state index in [9.17, 15) is 4.79 Å². The molecule has 0 radical (unpaired) electrons. The maximum absolute atomic E-state index is 10.5. The van der Waals surface area contributed by atoms with Crippen LogP contribution in [0.2, 0.25) is 0 Å². The van der Waals surface area contributed by atoms with Crippen molar-refractivity contribution >= 4 is 5.97 Å². The van der Waals surface area contributed by atoms with E-state index in [1.807, 2.05) is 0 Å². The molecular weight excluding hydrogens is 164 g/mol. The molecule has 1 saturated carbocycles. The van der Waals surface area contributed by atoms with Gasteiger partial charge in [0.05, 0.1) is 0 Å². The number of allylic oxidation sites excluding steroid dienone is 1. The van der Waals surface area contributed by atoms with Gasteiger partial charge < -0.3 is 5.11 Å². The van der Waals surface area contributed by atoms with E-state index >= 15 is 0 Å². The Hall–Kier alpha value is -0.790. The van der Waals surface area contributed by atoms with Crippen molar-refractivity contribution in [2.24, 2.45) is 11.3 Å². The highest BCUT2D eigenvalue weighted by molar-refractivity contribution is 5.80. The summed E-state index contributed by atoms with van der Waals surface area (Å²) in [5.41, 5.74) is 1.37. The summed E-state index contributed by atoms with van der Waals surface area (Å²) >= 11 is 0. The van der Waals surface area contributed by atoms with Gasteiger partial charge in [-0.15, -0.1) is 0 Å². The van der Waals surface area contributed by atoms with Gasteiger partial charge in [-0.2, -0.15) is 0 Å². The molecule has 0 aromatic rings. The fraction of sp³-hybridized carbons (Fsp3) is 0.727. The fourth-order valence-electron chi connectivity index (χ4n) is 2.51. The third-order valence-electron chi connectivity index (χ3n) is 2.54. The van der Waals surface area contributed by atoms with Crippen molar-refractivity contribution in [2.45, 2.75) is 40.0 Å². The van der Waals surface area contributed by atoms with Crippen LogP contribution in [-0.4, -0.2) is 11.1 Å². The average Bonchev–Trinajstić information content (AvgIpc) is 1.78. The summed E-state index contributed by atoms with van der Waals surface area (Å²) in [6.45, 7) is 6.60. The minimum atomic E-state index is -0.806. The van der Waals surface area contributed by atoms with Gasteiger partial charge in [-0.3, -0.25) is 0 Å². The summed E-state index contributed by atoms with van der Waals surface area (Å²) < 4.78 is 0. The molecule has 1 rings (SSSR count). The normalized spacial score (nSPS) is 30.4. The van der Waals surface area contributed by atoms with Gasteiger partial charge in [-0.05, 0) is 30.6 Å². The largest absolute Gasteiger partial charge is 0.478 e. The molecule has 1 fully saturated rings. The first kappa shape index (κ1) is 10.3. The van der Waals surface area contributed by atoms with Crippen molar-refractivity contribution in [3.63, 3.8) is 0 Å². The highest BCUT2D eigenvalue weighted by Gasteiger charge is 2.28. The highest BCUT2D eigenvalue weighted by Crippen LogP contribution is 2.41. The Morgan fingerprint density at radius 2 is 2.23 bits per heavy atom. The molecule has 1 unspecified atom stereocenters. The molecule has 2 heteroatoms. The van der Waals surface area contributed by atoms with Crippen molar-refractivity contribution < 1.29 is 9.90 Å². The van der Waals surface area contributed by atoms with Crippen LogP contribution in [0, 0.1) is 11.3 Å². The smallest absolute Gasteiger partial charge is 0.328 e. The molecule has 2 nitrogen and oxygen atoms in total. The summed E-state index contributed by atoms with van der Waals surface area (Å²) in [5, 5.41) is 8.65. The summed E-state index contributed by atoms with van der Waals surface area (Å²) in [4.78, 5) is 10.5. The molecule has 13 heavy (non-hydrogen) atoms. The maximum Gasteiger partial charge on any atom is 0.328 e. The Morgan fingerprint density at radius 3 is 2.69 bits per heavy atom. The summed E-state index contributed by atoms with van der Waals surface area (Å²) in [6.07, 6.45) is 4.47. The molecule has 1 aliphatic rings. The van der Waals surface area contributed by atoms with Crippen LogP contribution >= 0.6 is 0 Å². The van der Waals surface area contributed by atoms with E-state index in [1.165, 1.54) is 12.5 Å². The maximum atomic E-state index is 10.5. The van der Waals surface area contributed by atoms with E-state index in [-0.39, 0.29) is 5.41 Å². The Bertz CT molecular complexity index is 238. The third-order valence-corrected chi connectivity index (χ3v) is 2.54. The zero-order valence-electron chi connectivity index (χ0n) is 8.63. The van der Waals surface area contributed by atoms with Gasteiger partial charge in [-0.1, -0.05) is 26.3 Å². The third kappa shape index (κ3) is 3.21. The number of aliphatic carboxylic acids is 1. The Labute approximate surface area is 79.6 Å². The lowest BCUT2D eigenvalue weighted by Gasteiger charge is -2.35. The average molecular weight is 182 g/mol. The quantitative estimate of drug-likeness (QED) is 0.633. The molecular formula is C11H18O2. The van der Waals surface area contributed by atoms with E-state index in [0.717, 1.165) is 18.4 Å². The molecule has 0 bridgehead atoms. The number of carbonyl (C=O) groups is 1. The van der Waals surface area contributed by atoms with Crippen molar-refractivity contribution in [1.82, 2.24) is 0 Å². The summed E-state index contributed by atoms with van der Waals surface area (Å²) in [7, 11) is 0. The minimum absolute atomic E-state index is 0.277. The zero-order valence-corrected chi connectivity index (χ0v) is 8.63. The second-order valence-corrected chi connectivity index (χ2v) is 5.00. The van der Waals surface area contributed by atoms with Gasteiger partial charge in [-0.25, -0.2) is 4.79 Å². The van der Waals surface area contributed by atoms with E-state index in [0.29, 0.717) is 5.92 Å². The van der Waals surface area contributed by atoms with Crippen LogP contribution in [0.3, 0.4) is 0 Å². The summed E-state index contributed by atoms with van der Waals surface area (Å²) in [6, 6.07) is 0. The molecule has 0 aromatic carbocycles. The number of carboxylic acids is 1. The predicted molar refractivity (Wildman–Crippen MR) is 52.5 cm³/mol. The van der Waals surface area contributed by atoms with Crippen molar-refractivity contribution in [1.29, 1.82) is 0 Å². The van der Waals surface area contributed by atoms with Crippen molar-refractivity contribution in [3.05, 3.63) is 11.6 Å². The molecule has 1 aliphatic carbocycles. The molecule has 0 heterocycles. The van der Waals surface area contributed by atoms with Crippen LogP contribution in [0.4, 0.5) is 0 Å². The molecule has 0 aromatic heterocycles. The predicted octanol–water partition coefficient (Wildman–Crippen LogP) is 2.84. The van der Waals surface area contributed by atoms with Gasteiger partial charge in [0.1, 0.15) is 0 Å². The van der Waals surface area contributed by atoms with Gasteiger partial charge in [0.15, 0.2) is 0 Å². The molecule has 0 amide bonds. The SMILES string of the molecule is CC1C/C(=C\C(=O)O)CC(C)(C)C1. The molecule has 0 spiro atoms. The second-order valence-electron chi connectivity index (χ2n) is 5.00. The second kappa shape index (κ2) is 3.52. The van der Waals surface area contributed by atoms with Crippen LogP contribution in [-0.2, 0) is 4.79 Å². The van der Waals surface area contributed by atoms with Crippen LogP contribution in [0.15, 0.2) is 11.6 Å². The molecule has 1 atom stereocenters. The van der Waals surface area contributed by atoms with E-state index < -0.39 is 5.97 Å². The lowest BCUT2D eigenvalue weighted by Crippen LogP contribution is -2.23. The van der Waals surface area contributed by atoms with Crippen LogP contribution in [0.5, 0.6) is 0 Å². The zero-order chi connectivity index (χ0) is 10.1. The van der Waals surface area contributed by atoms with Crippen LogP contribution < -0.4 is 0 Å². The monoisotopic (exact) mass is 182 g/mol. The Morgan fingerprint density at radius 1 is 1.62 bits per heavy atom. The first-order valence-electron chi connectivity index (χ1n) is 4.81. The Balaban J connectivity index is 2.74. The first-order chi connectivity index (χ1) is 5.89. The van der Waals surface area contributed by atoms with E-state index in [2.05, 4.69) is 20.8 Å². The highest BCUT2D eigenvalue weighted by atomic mass is 16.4. The van der Waals surface area contributed by atoms with Gasteiger partial charge >= 0.3 is 5.97 Å². The molecule has 0 aliphatic heterocycles. The molecule has 1 N–H and O–H groups in total. The standard InChI is InChI=1S/C11H18O2/c1-8-4-9(5-10(12)13)7-11(2,3)6-8/h5,8H,4,6-7H2,1-3H3,(H,12,13)/b9-5+. The number of carboxylic acid groups (broad SMARTS) is 1. The minimum Gasteiger partial charge on any atom is -0.478 e. The molecule has 0 saturated heterocycles. The lowest BCUT2D eigenvalue weighted by molar-refractivity contribution is -0.131. The van der Waals surface area contributed by atoms with E-state index in [4.69, 9.17) is 5.11 Å². The van der Waals surface area contributed by atoms with Gasteiger partial charge in [0, 0.05) is 6.08 Å². The van der Waals surface area contributed by atoms with Crippen LogP contribution in [0.25, 0.3) is 0 Å².